The van der Waals surface area contributed by atoms with Gasteiger partial charge in [-0.15, -0.1) is 0 Å². The zero-order chi connectivity index (χ0) is 20.3. The van der Waals surface area contributed by atoms with Crippen LogP contribution >= 0.6 is 0 Å². The van der Waals surface area contributed by atoms with Crippen LogP contribution in [0.4, 0.5) is 0 Å². The Bertz CT molecular complexity index is 1070. The van der Waals surface area contributed by atoms with Gasteiger partial charge in [0, 0.05) is 37.0 Å². The second-order valence-corrected chi connectivity index (χ2v) is 7.05. The lowest BCUT2D eigenvalue weighted by Gasteiger charge is -2.23. The highest BCUT2D eigenvalue weighted by Gasteiger charge is 2.22. The number of nitrogens with zero attached hydrogens (tertiary/aromatic N) is 2. The maximum Gasteiger partial charge on any atom is 0.254 e. The minimum absolute atomic E-state index is 0.0816. The Morgan fingerprint density at radius 1 is 0.867 bits per heavy atom. The molecule has 1 aromatic heterocycles. The van der Waals surface area contributed by atoms with Gasteiger partial charge >= 0.3 is 0 Å². The van der Waals surface area contributed by atoms with Crippen molar-refractivity contribution in [2.75, 3.05) is 20.1 Å². The van der Waals surface area contributed by atoms with Crippen molar-refractivity contribution in [3.8, 4) is 23.0 Å². The van der Waals surface area contributed by atoms with E-state index in [1.165, 1.54) is 0 Å². The lowest BCUT2D eigenvalue weighted by Crippen LogP contribution is -2.32. The summed E-state index contributed by atoms with van der Waals surface area (Å²) in [6.07, 6.45) is 2.42. The van der Waals surface area contributed by atoms with E-state index in [-0.39, 0.29) is 19.5 Å². The van der Waals surface area contributed by atoms with Crippen molar-refractivity contribution >= 4 is 5.91 Å². The topological polar surface area (TPSA) is 70.1 Å². The average molecular weight is 404 g/mol. The number of ether oxygens (including phenoxy) is 4. The van der Waals surface area contributed by atoms with Gasteiger partial charge in [-0.1, -0.05) is 12.1 Å². The summed E-state index contributed by atoms with van der Waals surface area (Å²) in [4.78, 5) is 19.5. The Balaban J connectivity index is 1.39. The number of benzene rings is 2. The first-order chi connectivity index (χ1) is 14.8. The van der Waals surface area contributed by atoms with Crippen molar-refractivity contribution in [3.05, 3.63) is 77.6 Å². The van der Waals surface area contributed by atoms with E-state index in [1.807, 2.05) is 41.3 Å². The predicted molar refractivity (Wildman–Crippen MR) is 108 cm³/mol. The lowest BCUT2D eigenvalue weighted by atomic mass is 10.1. The molecule has 5 rings (SSSR count). The Hall–Kier alpha value is -3.74. The first-order valence-corrected chi connectivity index (χ1v) is 9.74. The predicted octanol–water partition coefficient (Wildman–Crippen LogP) is 3.42. The number of fused-ring (bicyclic) bond motifs is 2. The summed E-state index contributed by atoms with van der Waals surface area (Å²) < 4.78 is 21.7. The van der Waals surface area contributed by atoms with Crippen LogP contribution in [-0.4, -0.2) is 35.9 Å². The number of carbonyl (C=O) groups excluding carboxylic acids is 1. The molecule has 0 spiro atoms. The molecular weight excluding hydrogens is 384 g/mol. The molecule has 3 aromatic rings. The minimum atomic E-state index is -0.0816. The van der Waals surface area contributed by atoms with Crippen LogP contribution in [0.15, 0.2) is 60.8 Å². The molecule has 0 unspecified atom stereocenters. The molecule has 0 aliphatic carbocycles. The molecule has 2 aliphatic rings. The molecule has 152 valence electrons. The molecule has 0 bridgehead atoms. The summed E-state index contributed by atoms with van der Waals surface area (Å²) in [5.74, 6) is 2.59. The molecule has 1 amide bonds. The van der Waals surface area contributed by atoms with Crippen molar-refractivity contribution in [2.24, 2.45) is 0 Å². The lowest BCUT2D eigenvalue weighted by molar-refractivity contribution is 0.0744. The van der Waals surface area contributed by atoms with E-state index in [0.717, 1.165) is 17.0 Å². The molecule has 0 N–H and O–H groups in total. The fourth-order valence-corrected chi connectivity index (χ4v) is 3.52. The van der Waals surface area contributed by atoms with Crippen LogP contribution in [0.1, 0.15) is 21.6 Å². The van der Waals surface area contributed by atoms with Crippen molar-refractivity contribution < 1.29 is 23.7 Å². The molecule has 0 fully saturated rings. The smallest absolute Gasteiger partial charge is 0.254 e. The number of carbonyl (C=O) groups is 1. The Morgan fingerprint density at radius 2 is 1.60 bits per heavy atom. The molecule has 3 heterocycles. The molecule has 0 atom stereocenters. The monoisotopic (exact) mass is 404 g/mol. The second-order valence-electron chi connectivity index (χ2n) is 7.05. The first kappa shape index (κ1) is 18.3. The van der Waals surface area contributed by atoms with E-state index in [2.05, 4.69) is 4.98 Å². The SMILES string of the molecule is O=C(c1ccc2c(c1)OCO2)N(CCc1ccccn1)Cc1ccc2c(c1)OCO2. The Morgan fingerprint density at radius 3 is 2.37 bits per heavy atom. The molecule has 7 nitrogen and oxygen atoms in total. The number of hydrogen-bond donors (Lipinski definition) is 0. The van der Waals surface area contributed by atoms with Gasteiger partial charge in [-0.25, -0.2) is 0 Å². The Labute approximate surface area is 173 Å². The van der Waals surface area contributed by atoms with Crippen molar-refractivity contribution in [3.63, 3.8) is 0 Å². The van der Waals surface area contributed by atoms with E-state index < -0.39 is 0 Å². The molecule has 0 radical (unpaired) electrons. The molecule has 7 heteroatoms. The third-order valence-corrected chi connectivity index (χ3v) is 5.08. The van der Waals surface area contributed by atoms with Crippen LogP contribution in [0.5, 0.6) is 23.0 Å². The van der Waals surface area contributed by atoms with E-state index >= 15 is 0 Å². The van der Waals surface area contributed by atoms with E-state index in [0.29, 0.717) is 42.3 Å². The molecule has 2 aromatic carbocycles. The summed E-state index contributed by atoms with van der Waals surface area (Å²) in [7, 11) is 0. The van der Waals surface area contributed by atoms with Gasteiger partial charge in [-0.3, -0.25) is 9.78 Å². The fraction of sp³-hybridized carbons (Fsp3) is 0.217. The van der Waals surface area contributed by atoms with Gasteiger partial charge in [-0.05, 0) is 48.0 Å². The normalized spacial score (nSPS) is 13.3. The summed E-state index contributed by atoms with van der Waals surface area (Å²) in [5.41, 5.74) is 2.46. The van der Waals surface area contributed by atoms with Crippen LogP contribution in [-0.2, 0) is 13.0 Å². The number of hydrogen-bond acceptors (Lipinski definition) is 6. The molecule has 0 saturated heterocycles. The summed E-state index contributed by atoms with van der Waals surface area (Å²) in [6.45, 7) is 1.36. The summed E-state index contributed by atoms with van der Waals surface area (Å²) in [5, 5.41) is 0. The maximum absolute atomic E-state index is 13.4. The zero-order valence-corrected chi connectivity index (χ0v) is 16.2. The number of rotatable bonds is 6. The number of amides is 1. The average Bonchev–Trinajstić information content (AvgIpc) is 3.45. The van der Waals surface area contributed by atoms with Crippen molar-refractivity contribution in [2.45, 2.75) is 13.0 Å². The van der Waals surface area contributed by atoms with Gasteiger partial charge in [0.25, 0.3) is 5.91 Å². The fourth-order valence-electron chi connectivity index (χ4n) is 3.52. The van der Waals surface area contributed by atoms with Gasteiger partial charge in [0.1, 0.15) is 0 Å². The maximum atomic E-state index is 13.4. The number of pyridine rings is 1. The van der Waals surface area contributed by atoms with Crippen molar-refractivity contribution in [1.82, 2.24) is 9.88 Å². The molecule has 2 aliphatic heterocycles. The third-order valence-electron chi connectivity index (χ3n) is 5.08. The molecular formula is C23H20N2O5. The molecule has 0 saturated carbocycles. The van der Waals surface area contributed by atoms with Gasteiger partial charge in [-0.2, -0.15) is 0 Å². The van der Waals surface area contributed by atoms with E-state index in [1.54, 1.807) is 24.4 Å². The zero-order valence-electron chi connectivity index (χ0n) is 16.2. The molecule has 30 heavy (non-hydrogen) atoms. The largest absolute Gasteiger partial charge is 0.454 e. The first-order valence-electron chi connectivity index (χ1n) is 9.74. The highest BCUT2D eigenvalue weighted by Crippen LogP contribution is 2.34. The van der Waals surface area contributed by atoms with Gasteiger partial charge < -0.3 is 23.8 Å². The van der Waals surface area contributed by atoms with E-state index in [4.69, 9.17) is 18.9 Å². The summed E-state index contributed by atoms with van der Waals surface area (Å²) in [6, 6.07) is 16.8. The third kappa shape index (κ3) is 3.74. The summed E-state index contributed by atoms with van der Waals surface area (Å²) >= 11 is 0. The van der Waals surface area contributed by atoms with Gasteiger partial charge in [0.15, 0.2) is 23.0 Å². The standard InChI is InChI=1S/C23H20N2O5/c26-23(17-5-7-20-22(12-17)30-15-28-20)25(10-8-18-3-1-2-9-24-18)13-16-4-6-19-21(11-16)29-14-27-19/h1-7,9,11-12H,8,10,13-15H2. The van der Waals surface area contributed by atoms with E-state index in [9.17, 15) is 4.79 Å². The van der Waals surface area contributed by atoms with Crippen LogP contribution in [0.2, 0.25) is 0 Å². The quantitative estimate of drug-likeness (QED) is 0.627. The second kappa shape index (κ2) is 7.94. The van der Waals surface area contributed by atoms with Crippen LogP contribution in [0.3, 0.4) is 0 Å². The minimum Gasteiger partial charge on any atom is -0.454 e. The Kier molecular flexibility index (Phi) is 4.85. The van der Waals surface area contributed by atoms with Crippen LogP contribution in [0.25, 0.3) is 0 Å². The van der Waals surface area contributed by atoms with Crippen LogP contribution < -0.4 is 18.9 Å². The number of aromatic nitrogens is 1. The highest BCUT2D eigenvalue weighted by molar-refractivity contribution is 5.95. The van der Waals surface area contributed by atoms with Gasteiger partial charge in [0.2, 0.25) is 13.6 Å². The van der Waals surface area contributed by atoms with Crippen LogP contribution in [0, 0.1) is 0 Å². The van der Waals surface area contributed by atoms with Crippen molar-refractivity contribution in [1.29, 1.82) is 0 Å². The van der Waals surface area contributed by atoms with Gasteiger partial charge in [0.05, 0.1) is 0 Å². The highest BCUT2D eigenvalue weighted by atomic mass is 16.7.